The molecule has 1 saturated heterocycles. The summed E-state index contributed by atoms with van der Waals surface area (Å²) in [7, 11) is 8.85. The lowest BCUT2D eigenvalue weighted by molar-refractivity contribution is 0.354. The van der Waals surface area contributed by atoms with Crippen molar-refractivity contribution in [1.29, 1.82) is 0 Å². The maximum absolute atomic E-state index is 5.58. The zero-order valence-corrected chi connectivity index (χ0v) is 20.7. The Morgan fingerprint density at radius 3 is 2.00 bits per heavy atom. The summed E-state index contributed by atoms with van der Waals surface area (Å²) in [5.74, 6) is 5.46. The van der Waals surface area contributed by atoms with Crippen molar-refractivity contribution >= 4 is 29.2 Å². The molecule has 2 aromatic carbocycles. The summed E-state index contributed by atoms with van der Waals surface area (Å²) in [5.41, 5.74) is 2.44. The summed E-state index contributed by atoms with van der Waals surface area (Å²) in [6.07, 6.45) is 3.44. The zero-order valence-electron chi connectivity index (χ0n) is 19.1. The van der Waals surface area contributed by atoms with E-state index < -0.39 is 0 Å². The highest BCUT2D eigenvalue weighted by molar-refractivity contribution is 8.18. The monoisotopic (exact) mass is 463 g/mol. The van der Waals surface area contributed by atoms with Gasteiger partial charge in [-0.25, -0.2) is 0 Å². The molecule has 0 saturated carbocycles. The normalized spacial score (nSPS) is 15.3. The molecule has 3 rings (SSSR count). The third-order valence-electron chi connectivity index (χ3n) is 5.59. The van der Waals surface area contributed by atoms with Gasteiger partial charge in [0.05, 0.1) is 32.5 Å². The third-order valence-corrected chi connectivity index (χ3v) is 9.09. The van der Waals surface area contributed by atoms with Crippen molar-refractivity contribution < 1.29 is 18.9 Å². The second kappa shape index (κ2) is 11.1. The van der Waals surface area contributed by atoms with E-state index in [0.717, 1.165) is 48.1 Å². The Morgan fingerprint density at radius 1 is 0.806 bits per heavy atom. The zero-order chi connectivity index (χ0) is 22.3. The average molecular weight is 464 g/mol. The lowest BCUT2D eigenvalue weighted by atomic mass is 10.1. The van der Waals surface area contributed by atoms with E-state index in [2.05, 4.69) is 53.7 Å². The lowest BCUT2D eigenvalue weighted by Gasteiger charge is -2.37. The molecule has 1 heterocycles. The molecule has 0 radical (unpaired) electrons. The van der Waals surface area contributed by atoms with Gasteiger partial charge in [-0.1, -0.05) is 6.07 Å². The Balaban J connectivity index is 1.72. The number of ether oxygens (including phenoxy) is 4. The van der Waals surface area contributed by atoms with Gasteiger partial charge in [-0.05, 0) is 60.6 Å². The topological polar surface area (TPSA) is 40.2 Å². The molecule has 0 atom stereocenters. The van der Waals surface area contributed by atoms with Crippen LogP contribution in [0.3, 0.4) is 0 Å². The van der Waals surface area contributed by atoms with Crippen LogP contribution >= 0.6 is 23.5 Å². The number of methoxy groups -OCH3 is 4. The fourth-order valence-electron chi connectivity index (χ4n) is 3.84. The van der Waals surface area contributed by atoms with E-state index in [0.29, 0.717) is 0 Å². The number of benzene rings is 2. The van der Waals surface area contributed by atoms with Gasteiger partial charge in [-0.3, -0.25) is 0 Å². The predicted octanol–water partition coefficient (Wildman–Crippen LogP) is 5.66. The molecular formula is C24H33NO4S2. The van der Waals surface area contributed by atoms with E-state index in [9.17, 15) is 0 Å². The second-order valence-corrected chi connectivity index (χ2v) is 10.5. The van der Waals surface area contributed by atoms with Crippen molar-refractivity contribution in [1.82, 2.24) is 0 Å². The molecule has 0 amide bonds. The molecule has 31 heavy (non-hydrogen) atoms. The Labute approximate surface area is 194 Å². The molecule has 0 N–H and O–H groups in total. The average Bonchev–Trinajstić information content (AvgIpc) is 2.83. The fraction of sp³-hybridized carbons (Fsp3) is 0.500. The summed E-state index contributed by atoms with van der Waals surface area (Å²) in [4.78, 5) is 2.28. The molecule has 0 unspecified atom stereocenters. The van der Waals surface area contributed by atoms with Crippen LogP contribution in [0.5, 0.6) is 23.0 Å². The molecular weight excluding hydrogens is 430 g/mol. The Hall–Kier alpha value is -1.86. The van der Waals surface area contributed by atoms with Crippen LogP contribution in [-0.4, -0.2) is 53.5 Å². The third kappa shape index (κ3) is 5.50. The van der Waals surface area contributed by atoms with E-state index in [1.165, 1.54) is 23.5 Å². The van der Waals surface area contributed by atoms with Crippen LogP contribution in [0.15, 0.2) is 36.4 Å². The summed E-state index contributed by atoms with van der Waals surface area (Å²) >= 11 is 4.13. The van der Waals surface area contributed by atoms with Crippen LogP contribution in [0.1, 0.15) is 24.8 Å². The highest BCUT2D eigenvalue weighted by atomic mass is 32.2. The van der Waals surface area contributed by atoms with Crippen LogP contribution in [0.25, 0.3) is 0 Å². The minimum absolute atomic E-state index is 0.0518. The molecule has 0 spiro atoms. The first-order valence-corrected chi connectivity index (χ1v) is 12.5. The highest BCUT2D eigenvalue weighted by Gasteiger charge is 2.36. The number of nitrogens with zero attached hydrogens (tertiary/aromatic N) is 1. The van der Waals surface area contributed by atoms with Gasteiger partial charge < -0.3 is 23.8 Å². The number of hydrogen-bond acceptors (Lipinski definition) is 7. The SMILES string of the molecule is COc1ccc(N(C)CCCC2(c3ccc(OC)c(OC)c3)SCCCS2)cc1OC. The van der Waals surface area contributed by atoms with Crippen LogP contribution < -0.4 is 23.8 Å². The summed E-state index contributed by atoms with van der Waals surface area (Å²) in [6.45, 7) is 0.964. The Morgan fingerprint density at radius 2 is 1.39 bits per heavy atom. The number of thioether (sulfide) groups is 2. The van der Waals surface area contributed by atoms with Crippen molar-refractivity contribution in [2.24, 2.45) is 0 Å². The first-order chi connectivity index (χ1) is 15.1. The molecule has 5 nitrogen and oxygen atoms in total. The van der Waals surface area contributed by atoms with Crippen LogP contribution in [-0.2, 0) is 4.08 Å². The summed E-state index contributed by atoms with van der Waals surface area (Å²) < 4.78 is 21.9. The minimum Gasteiger partial charge on any atom is -0.493 e. The molecule has 1 fully saturated rings. The molecule has 0 aliphatic carbocycles. The number of rotatable bonds is 10. The molecule has 1 aliphatic heterocycles. The molecule has 170 valence electrons. The van der Waals surface area contributed by atoms with E-state index in [1.54, 1.807) is 28.4 Å². The van der Waals surface area contributed by atoms with Gasteiger partial charge in [0, 0.05) is 25.3 Å². The van der Waals surface area contributed by atoms with Gasteiger partial charge in [0.1, 0.15) is 0 Å². The van der Waals surface area contributed by atoms with Crippen LogP contribution in [0, 0.1) is 0 Å². The van der Waals surface area contributed by atoms with Crippen molar-refractivity contribution in [3.05, 3.63) is 42.0 Å². The largest absolute Gasteiger partial charge is 0.493 e. The predicted molar refractivity (Wildman–Crippen MR) is 133 cm³/mol. The Kier molecular flexibility index (Phi) is 8.55. The van der Waals surface area contributed by atoms with Crippen LogP contribution in [0.4, 0.5) is 5.69 Å². The van der Waals surface area contributed by atoms with Crippen LogP contribution in [0.2, 0.25) is 0 Å². The van der Waals surface area contributed by atoms with Gasteiger partial charge in [-0.2, -0.15) is 0 Å². The van der Waals surface area contributed by atoms with Crippen molar-refractivity contribution in [2.45, 2.75) is 23.3 Å². The molecule has 2 aromatic rings. The smallest absolute Gasteiger partial charge is 0.162 e. The Bertz CT molecular complexity index is 855. The molecule has 0 bridgehead atoms. The van der Waals surface area contributed by atoms with Crippen molar-refractivity contribution in [2.75, 3.05) is 58.4 Å². The highest BCUT2D eigenvalue weighted by Crippen LogP contribution is 2.54. The maximum Gasteiger partial charge on any atom is 0.162 e. The van der Waals surface area contributed by atoms with E-state index in [-0.39, 0.29) is 4.08 Å². The molecule has 0 aromatic heterocycles. The van der Waals surface area contributed by atoms with Crippen molar-refractivity contribution in [3.8, 4) is 23.0 Å². The molecule has 1 aliphatic rings. The number of hydrogen-bond donors (Lipinski definition) is 0. The quantitative estimate of drug-likeness (QED) is 0.450. The minimum atomic E-state index is 0.0518. The lowest BCUT2D eigenvalue weighted by Crippen LogP contribution is -2.26. The van der Waals surface area contributed by atoms with Gasteiger partial charge >= 0.3 is 0 Å². The first kappa shape index (κ1) is 23.8. The number of anilines is 1. The first-order valence-electron chi connectivity index (χ1n) is 10.5. The van der Waals surface area contributed by atoms with Gasteiger partial charge in [-0.15, -0.1) is 23.5 Å². The van der Waals surface area contributed by atoms with Gasteiger partial charge in [0.2, 0.25) is 0 Å². The van der Waals surface area contributed by atoms with E-state index in [1.807, 2.05) is 18.2 Å². The van der Waals surface area contributed by atoms with E-state index in [4.69, 9.17) is 18.9 Å². The summed E-state index contributed by atoms with van der Waals surface area (Å²) in [6, 6.07) is 12.5. The summed E-state index contributed by atoms with van der Waals surface area (Å²) in [5, 5.41) is 0. The standard InChI is InChI=1S/C24H33NO4S2/c1-25(19-9-11-21(27-3)23(17-19)29-5)13-6-12-24(30-14-7-15-31-24)18-8-10-20(26-2)22(16-18)28-4/h8-11,16-17H,6-7,12-15H2,1-5H3. The van der Waals surface area contributed by atoms with E-state index >= 15 is 0 Å². The van der Waals surface area contributed by atoms with Crippen molar-refractivity contribution in [3.63, 3.8) is 0 Å². The fourth-order valence-corrected chi connectivity index (χ4v) is 7.26. The van der Waals surface area contributed by atoms with Gasteiger partial charge in [0.25, 0.3) is 0 Å². The molecule has 7 heteroatoms. The van der Waals surface area contributed by atoms with Gasteiger partial charge in [0.15, 0.2) is 23.0 Å². The second-order valence-electron chi connectivity index (χ2n) is 7.44. The maximum atomic E-state index is 5.58.